The zero-order valence-electron chi connectivity index (χ0n) is 16.6. The fourth-order valence-corrected chi connectivity index (χ4v) is 3.78. The first kappa shape index (κ1) is 19.8. The Morgan fingerprint density at radius 2 is 1.73 bits per heavy atom. The third kappa shape index (κ3) is 4.53. The molecule has 30 heavy (non-hydrogen) atoms. The summed E-state index contributed by atoms with van der Waals surface area (Å²) in [6, 6.07) is 13.7. The molecule has 0 spiro atoms. The van der Waals surface area contributed by atoms with Gasteiger partial charge in [0.15, 0.2) is 0 Å². The van der Waals surface area contributed by atoms with Crippen molar-refractivity contribution in [2.45, 2.75) is 25.9 Å². The second-order valence-electron chi connectivity index (χ2n) is 7.69. The van der Waals surface area contributed by atoms with Crippen LogP contribution in [0, 0.1) is 5.41 Å². The molecule has 0 atom stereocenters. The fraction of sp³-hybridized carbons (Fsp3) is 0.318. The van der Waals surface area contributed by atoms with Crippen molar-refractivity contribution in [2.24, 2.45) is 5.41 Å². The molecule has 0 unspecified atom stereocenters. The lowest BCUT2D eigenvalue weighted by Crippen LogP contribution is -2.65. The Kier molecular flexibility index (Phi) is 5.83. The summed E-state index contributed by atoms with van der Waals surface area (Å²) in [7, 11) is 0. The van der Waals surface area contributed by atoms with Crippen LogP contribution in [-0.2, 0) is 29.1 Å². The van der Waals surface area contributed by atoms with Crippen molar-refractivity contribution in [2.75, 3.05) is 13.1 Å². The highest BCUT2D eigenvalue weighted by Gasteiger charge is 2.50. The summed E-state index contributed by atoms with van der Waals surface area (Å²) in [6.45, 7) is 1.79. The summed E-state index contributed by atoms with van der Waals surface area (Å²) < 4.78 is 1.77. The summed E-state index contributed by atoms with van der Waals surface area (Å²) in [4.78, 5) is 31.6. The van der Waals surface area contributed by atoms with Crippen molar-refractivity contribution >= 4 is 11.8 Å². The van der Waals surface area contributed by atoms with Crippen LogP contribution in [0.5, 0.6) is 0 Å². The number of likely N-dealkylation sites (tertiary alicyclic amines) is 1. The van der Waals surface area contributed by atoms with Gasteiger partial charge in [-0.3, -0.25) is 14.6 Å². The molecule has 8 nitrogen and oxygen atoms in total. The maximum atomic E-state index is 13.1. The molecule has 1 aliphatic rings. The quantitative estimate of drug-likeness (QED) is 0.613. The van der Waals surface area contributed by atoms with Crippen LogP contribution in [0.25, 0.3) is 0 Å². The van der Waals surface area contributed by atoms with Gasteiger partial charge in [0.05, 0.1) is 5.41 Å². The van der Waals surface area contributed by atoms with Gasteiger partial charge in [-0.1, -0.05) is 36.4 Å². The molecule has 3 aromatic rings. The number of aromatic nitrogens is 4. The average Bonchev–Trinajstić information content (AvgIpc) is 3.28. The number of carbonyl (C=O) groups is 2. The zero-order valence-corrected chi connectivity index (χ0v) is 16.6. The fourth-order valence-electron chi connectivity index (χ4n) is 3.78. The van der Waals surface area contributed by atoms with E-state index >= 15 is 0 Å². The number of amides is 2. The summed E-state index contributed by atoms with van der Waals surface area (Å²) in [6.07, 6.45) is 7.59. The Morgan fingerprint density at radius 3 is 2.43 bits per heavy atom. The van der Waals surface area contributed by atoms with Crippen LogP contribution in [0.1, 0.15) is 17.5 Å². The number of benzene rings is 1. The maximum Gasteiger partial charge on any atom is 0.230 e. The molecule has 3 heterocycles. The van der Waals surface area contributed by atoms with Crippen LogP contribution in [-0.4, -0.2) is 49.6 Å². The Balaban J connectivity index is 1.40. The topological polar surface area (TPSA) is 93.0 Å². The van der Waals surface area contributed by atoms with Crippen molar-refractivity contribution in [1.82, 2.24) is 30.0 Å². The minimum atomic E-state index is -0.615. The molecule has 1 fully saturated rings. The maximum absolute atomic E-state index is 13.1. The van der Waals surface area contributed by atoms with Crippen LogP contribution in [0.3, 0.4) is 0 Å². The highest BCUT2D eigenvalue weighted by atomic mass is 16.2. The molecule has 1 N–H and O–H groups in total. The predicted octanol–water partition coefficient (Wildman–Crippen LogP) is 1.45. The van der Waals surface area contributed by atoms with Crippen LogP contribution >= 0.6 is 0 Å². The number of nitrogens with zero attached hydrogens (tertiary/aromatic N) is 5. The molecule has 4 rings (SSSR count). The van der Waals surface area contributed by atoms with Gasteiger partial charge in [0.25, 0.3) is 0 Å². The molecule has 8 heteroatoms. The van der Waals surface area contributed by atoms with Crippen molar-refractivity contribution in [3.05, 3.63) is 78.6 Å². The molecule has 154 valence electrons. The lowest BCUT2D eigenvalue weighted by molar-refractivity contribution is -0.153. The number of hydrogen-bond donors (Lipinski definition) is 1. The first-order valence-corrected chi connectivity index (χ1v) is 9.96. The molecule has 1 aromatic carbocycles. The number of hydrogen-bond acceptors (Lipinski definition) is 5. The number of rotatable bonds is 8. The molecule has 1 aliphatic heterocycles. The molecular formula is C22H24N6O2. The van der Waals surface area contributed by atoms with Gasteiger partial charge >= 0.3 is 0 Å². The van der Waals surface area contributed by atoms with Crippen LogP contribution in [0.2, 0.25) is 0 Å². The van der Waals surface area contributed by atoms with Gasteiger partial charge in [0.1, 0.15) is 12.7 Å². The Bertz CT molecular complexity index is 969. The van der Waals surface area contributed by atoms with Gasteiger partial charge < -0.3 is 14.8 Å². The van der Waals surface area contributed by atoms with Gasteiger partial charge in [-0.15, -0.1) is 10.2 Å². The molecular weight excluding hydrogens is 380 g/mol. The second-order valence-corrected chi connectivity index (χ2v) is 7.69. The normalized spacial score (nSPS) is 14.7. The number of pyridine rings is 1. The first-order valence-electron chi connectivity index (χ1n) is 9.96. The molecule has 1 saturated heterocycles. The van der Waals surface area contributed by atoms with Gasteiger partial charge in [-0.05, 0) is 23.6 Å². The minimum Gasteiger partial charge on any atom is -0.351 e. The average molecular weight is 404 g/mol. The molecule has 0 radical (unpaired) electrons. The second kappa shape index (κ2) is 8.86. The zero-order chi connectivity index (χ0) is 20.8. The van der Waals surface area contributed by atoms with E-state index in [0.29, 0.717) is 39.0 Å². The molecule has 0 bridgehead atoms. The predicted molar refractivity (Wildman–Crippen MR) is 110 cm³/mol. The Hall–Kier alpha value is -3.55. The molecule has 0 saturated carbocycles. The molecule has 0 aliphatic carbocycles. The summed E-state index contributed by atoms with van der Waals surface area (Å²) in [5, 5.41) is 10.5. The van der Waals surface area contributed by atoms with Crippen molar-refractivity contribution in [3.8, 4) is 0 Å². The third-order valence-corrected chi connectivity index (χ3v) is 5.43. The Labute approximate surface area is 175 Å². The van der Waals surface area contributed by atoms with Gasteiger partial charge in [0.2, 0.25) is 11.8 Å². The first-order chi connectivity index (χ1) is 14.6. The lowest BCUT2D eigenvalue weighted by Gasteiger charge is -2.49. The standard InChI is InChI=1S/C22H24N6O2/c29-20(8-10-27-16-25-26-17-27)28-14-22(15-28,11-18-5-2-1-3-6-18)21(30)24-13-19-7-4-9-23-12-19/h1-7,9,12,16-17H,8,10-11,13-15H2,(H,24,30). The highest BCUT2D eigenvalue weighted by molar-refractivity contribution is 5.88. The summed E-state index contributed by atoms with van der Waals surface area (Å²) >= 11 is 0. The van der Waals surface area contributed by atoms with Crippen molar-refractivity contribution in [3.63, 3.8) is 0 Å². The van der Waals surface area contributed by atoms with E-state index in [1.165, 1.54) is 0 Å². The summed E-state index contributed by atoms with van der Waals surface area (Å²) in [5.74, 6) is 0.00510. The van der Waals surface area contributed by atoms with E-state index in [1.807, 2.05) is 42.5 Å². The van der Waals surface area contributed by atoms with E-state index < -0.39 is 5.41 Å². The van der Waals surface area contributed by atoms with Gasteiger partial charge in [-0.25, -0.2) is 0 Å². The SMILES string of the molecule is O=C(CCn1cnnc1)N1CC(Cc2ccccc2)(C(=O)NCc2cccnc2)C1. The highest BCUT2D eigenvalue weighted by Crippen LogP contribution is 2.35. The van der Waals surface area contributed by atoms with Crippen LogP contribution in [0.4, 0.5) is 0 Å². The van der Waals surface area contributed by atoms with Gasteiger partial charge in [0, 0.05) is 45.0 Å². The smallest absolute Gasteiger partial charge is 0.230 e. The monoisotopic (exact) mass is 404 g/mol. The van der Waals surface area contributed by atoms with E-state index in [9.17, 15) is 9.59 Å². The summed E-state index contributed by atoms with van der Waals surface area (Å²) in [5.41, 5.74) is 1.42. The minimum absolute atomic E-state index is 0.0296. The Morgan fingerprint density at radius 1 is 1.00 bits per heavy atom. The van der Waals surface area contributed by atoms with E-state index in [1.54, 1.807) is 34.5 Å². The molecule has 2 amide bonds. The van der Waals surface area contributed by atoms with Gasteiger partial charge in [-0.2, -0.15) is 0 Å². The van der Waals surface area contributed by atoms with Crippen molar-refractivity contribution < 1.29 is 9.59 Å². The largest absolute Gasteiger partial charge is 0.351 e. The van der Waals surface area contributed by atoms with Crippen LogP contribution in [0.15, 0.2) is 67.5 Å². The van der Waals surface area contributed by atoms with Crippen molar-refractivity contribution in [1.29, 1.82) is 0 Å². The lowest BCUT2D eigenvalue weighted by atomic mass is 9.73. The van der Waals surface area contributed by atoms with E-state index in [0.717, 1.165) is 11.1 Å². The van der Waals surface area contributed by atoms with E-state index in [4.69, 9.17) is 0 Å². The van der Waals surface area contributed by atoms with E-state index in [-0.39, 0.29) is 11.8 Å². The molecule has 2 aromatic heterocycles. The van der Waals surface area contributed by atoms with E-state index in [2.05, 4.69) is 20.5 Å². The number of carbonyl (C=O) groups excluding carboxylic acids is 2. The number of nitrogens with one attached hydrogen (secondary N) is 1. The van der Waals surface area contributed by atoms with Crippen LogP contribution < -0.4 is 5.32 Å². The third-order valence-electron chi connectivity index (χ3n) is 5.43. The number of aryl methyl sites for hydroxylation is 1.